The van der Waals surface area contributed by atoms with Crippen LogP contribution in [0.5, 0.6) is 0 Å². The van der Waals surface area contributed by atoms with Gasteiger partial charge >= 0.3 is 0 Å². The van der Waals surface area contributed by atoms with Crippen LogP contribution >= 0.6 is 0 Å². The standard InChI is InChI=1S/C49H91N11O9/c1-35-44(64)58-39(25-13-7-11-23-38(61)24-12-8-18-30-50-4)47(67)55-36(2)45(65)59-41(27-17-22-34-54-43(63)29-15-10-20-32-52-6)49(69)57-37(3)46(66)60-40(48(68)56-35)26-16-21-33-53-42(62)28-14-9-19-31-51-5/h35-37,39-41,50-52H,7-34H2,1-6H3,(H,53,62)(H,54,63)(H,55,67)(H,56,68)(H,57,69)(H,58,64)(H,59,65)(H,60,66)/t35-,36-,37-,39+,40+,41+/m1/s1. The van der Waals surface area contributed by atoms with E-state index in [0.29, 0.717) is 83.7 Å². The number of carbonyl (C=O) groups is 9. The fourth-order valence-corrected chi connectivity index (χ4v) is 7.72. The molecule has 20 heteroatoms. The van der Waals surface area contributed by atoms with Gasteiger partial charge in [-0.2, -0.15) is 0 Å². The predicted octanol–water partition coefficient (Wildman–Crippen LogP) is 1.40. The van der Waals surface area contributed by atoms with E-state index in [9.17, 15) is 43.2 Å². The van der Waals surface area contributed by atoms with E-state index in [1.54, 1.807) is 0 Å². The van der Waals surface area contributed by atoms with Crippen molar-refractivity contribution in [3.8, 4) is 0 Å². The second-order valence-electron chi connectivity index (χ2n) is 18.4. The lowest BCUT2D eigenvalue weighted by Gasteiger charge is -2.27. The molecule has 0 bridgehead atoms. The van der Waals surface area contributed by atoms with E-state index >= 15 is 0 Å². The normalized spacial score (nSPS) is 20.8. The van der Waals surface area contributed by atoms with Crippen molar-refractivity contribution in [3.63, 3.8) is 0 Å². The van der Waals surface area contributed by atoms with Gasteiger partial charge in [0.2, 0.25) is 47.3 Å². The maximum Gasteiger partial charge on any atom is 0.243 e. The Bertz CT molecular complexity index is 1380. The fourth-order valence-electron chi connectivity index (χ4n) is 7.72. The number of carbonyl (C=O) groups excluding carboxylic acids is 9. The average Bonchev–Trinajstić information content (AvgIpc) is 3.31. The number of amides is 8. The third-order valence-electron chi connectivity index (χ3n) is 12.1. The van der Waals surface area contributed by atoms with Gasteiger partial charge in [0.15, 0.2) is 0 Å². The Morgan fingerprint density at radius 3 is 0.942 bits per heavy atom. The molecule has 8 amide bonds. The van der Waals surface area contributed by atoms with Gasteiger partial charge in [-0.05, 0) is 151 Å². The van der Waals surface area contributed by atoms with E-state index in [2.05, 4.69) is 58.5 Å². The van der Waals surface area contributed by atoms with Crippen molar-refractivity contribution in [2.75, 3.05) is 53.9 Å². The molecule has 1 heterocycles. The van der Waals surface area contributed by atoms with Gasteiger partial charge in [0.1, 0.15) is 42.0 Å². The zero-order valence-electron chi connectivity index (χ0n) is 42.9. The van der Waals surface area contributed by atoms with Crippen LogP contribution in [-0.2, 0) is 43.2 Å². The summed E-state index contributed by atoms with van der Waals surface area (Å²) in [5, 5.41) is 31.2. The molecule has 0 unspecified atom stereocenters. The fraction of sp³-hybridized carbons (Fsp3) is 0.816. The highest BCUT2D eigenvalue weighted by Gasteiger charge is 2.32. The number of hydrogen-bond acceptors (Lipinski definition) is 12. The van der Waals surface area contributed by atoms with Gasteiger partial charge < -0.3 is 58.5 Å². The molecule has 0 spiro atoms. The topological polar surface area (TPSA) is 286 Å². The van der Waals surface area contributed by atoms with Crippen molar-refractivity contribution in [1.29, 1.82) is 0 Å². The first-order valence-electron chi connectivity index (χ1n) is 25.9. The molecule has 0 aromatic rings. The first-order chi connectivity index (χ1) is 33.1. The van der Waals surface area contributed by atoms with Gasteiger partial charge in [0, 0.05) is 38.8 Å². The molecule has 69 heavy (non-hydrogen) atoms. The lowest BCUT2D eigenvalue weighted by molar-refractivity contribution is -0.136. The van der Waals surface area contributed by atoms with Crippen molar-refractivity contribution in [2.45, 2.75) is 205 Å². The summed E-state index contributed by atoms with van der Waals surface area (Å²) < 4.78 is 0. The number of rotatable bonds is 34. The Morgan fingerprint density at radius 1 is 0.348 bits per heavy atom. The van der Waals surface area contributed by atoms with Gasteiger partial charge in [-0.15, -0.1) is 0 Å². The molecule has 1 aliphatic rings. The first-order valence-corrected chi connectivity index (χ1v) is 25.9. The molecule has 11 N–H and O–H groups in total. The summed E-state index contributed by atoms with van der Waals surface area (Å²) in [6.07, 6.45) is 14.0. The summed E-state index contributed by atoms with van der Waals surface area (Å²) >= 11 is 0. The van der Waals surface area contributed by atoms with Crippen LogP contribution in [0.25, 0.3) is 0 Å². The number of nitrogens with one attached hydrogen (secondary N) is 11. The van der Waals surface area contributed by atoms with Crippen LogP contribution in [0.3, 0.4) is 0 Å². The van der Waals surface area contributed by atoms with Crippen molar-refractivity contribution in [3.05, 3.63) is 0 Å². The summed E-state index contributed by atoms with van der Waals surface area (Å²) in [7, 11) is 5.67. The Morgan fingerprint density at radius 2 is 0.623 bits per heavy atom. The van der Waals surface area contributed by atoms with Crippen LogP contribution in [0.1, 0.15) is 168 Å². The number of unbranched alkanes of at least 4 members (excludes halogenated alkanes) is 10. The maximum atomic E-state index is 13.8. The maximum absolute atomic E-state index is 13.8. The molecular weight excluding hydrogens is 887 g/mol. The quantitative estimate of drug-likeness (QED) is 0.0409. The van der Waals surface area contributed by atoms with Crippen LogP contribution in [0.2, 0.25) is 0 Å². The third-order valence-corrected chi connectivity index (χ3v) is 12.1. The van der Waals surface area contributed by atoms with E-state index < -0.39 is 71.7 Å². The Hall–Kier alpha value is -4.69. The van der Waals surface area contributed by atoms with Crippen LogP contribution in [0.4, 0.5) is 0 Å². The minimum absolute atomic E-state index is 0.0625. The highest BCUT2D eigenvalue weighted by Crippen LogP contribution is 2.12. The molecule has 1 saturated heterocycles. The summed E-state index contributed by atoms with van der Waals surface area (Å²) in [4.78, 5) is 119. The Balaban J connectivity index is 3.18. The highest BCUT2D eigenvalue weighted by molar-refractivity contribution is 5.98. The number of Topliss-reactive ketones (excluding diaryl/α,β-unsaturated/α-hetero) is 1. The SMILES string of the molecule is CNCCCCCC(=O)CCCCC[C@@H]1NC(=O)[C@@H](C)NC(=O)[C@H](CCCCNC(=O)CCCCCNC)NC(=O)[C@@H](C)NC(=O)[C@H](CCCCNC(=O)CCCCCNC)NC(=O)[C@@H](C)NC1=O. The van der Waals surface area contributed by atoms with Crippen molar-refractivity contribution in [2.24, 2.45) is 0 Å². The van der Waals surface area contributed by atoms with Gasteiger partial charge in [0.05, 0.1) is 0 Å². The van der Waals surface area contributed by atoms with Gasteiger partial charge in [-0.3, -0.25) is 43.2 Å². The monoisotopic (exact) mass is 978 g/mol. The zero-order chi connectivity index (χ0) is 51.2. The summed E-state index contributed by atoms with van der Waals surface area (Å²) in [5.74, 6) is -3.87. The molecule has 0 saturated carbocycles. The molecule has 6 atom stereocenters. The predicted molar refractivity (Wildman–Crippen MR) is 268 cm³/mol. The summed E-state index contributed by atoms with van der Waals surface area (Å²) in [6.45, 7) is 7.80. The molecule has 20 nitrogen and oxygen atoms in total. The van der Waals surface area contributed by atoms with Gasteiger partial charge in [-0.25, -0.2) is 0 Å². The second kappa shape index (κ2) is 39.1. The third kappa shape index (κ3) is 30.5. The van der Waals surface area contributed by atoms with Crippen LogP contribution in [0.15, 0.2) is 0 Å². The summed E-state index contributed by atoms with van der Waals surface area (Å²) in [6, 6.07) is -6.76. The number of ketones is 1. The minimum atomic E-state index is -1.14. The minimum Gasteiger partial charge on any atom is -0.356 e. The van der Waals surface area contributed by atoms with Crippen molar-refractivity contribution in [1.82, 2.24) is 58.5 Å². The zero-order valence-corrected chi connectivity index (χ0v) is 42.9. The van der Waals surface area contributed by atoms with E-state index in [1.165, 1.54) is 20.8 Å². The molecular formula is C49H91N11O9. The second-order valence-corrected chi connectivity index (χ2v) is 18.4. The first kappa shape index (κ1) is 62.3. The van der Waals surface area contributed by atoms with Crippen LogP contribution in [0, 0.1) is 0 Å². The molecule has 0 aromatic carbocycles. The highest BCUT2D eigenvalue weighted by atomic mass is 16.2. The molecule has 396 valence electrons. The van der Waals surface area contributed by atoms with E-state index in [0.717, 1.165) is 77.4 Å². The summed E-state index contributed by atoms with van der Waals surface area (Å²) in [5.41, 5.74) is 0. The van der Waals surface area contributed by atoms with Crippen LogP contribution < -0.4 is 58.5 Å². The molecule has 0 aliphatic carbocycles. The smallest absolute Gasteiger partial charge is 0.243 e. The molecule has 0 aromatic heterocycles. The number of hydrogen-bond donors (Lipinski definition) is 11. The van der Waals surface area contributed by atoms with E-state index in [4.69, 9.17) is 0 Å². The molecule has 1 aliphatic heterocycles. The lowest BCUT2D eigenvalue weighted by Crippen LogP contribution is -2.60. The Labute approximate surface area is 412 Å². The molecule has 1 fully saturated rings. The van der Waals surface area contributed by atoms with Crippen molar-refractivity contribution < 1.29 is 43.2 Å². The average molecular weight is 978 g/mol. The van der Waals surface area contributed by atoms with E-state index in [1.807, 2.05) is 21.1 Å². The van der Waals surface area contributed by atoms with Crippen molar-refractivity contribution >= 4 is 53.0 Å². The molecule has 1 rings (SSSR count). The largest absolute Gasteiger partial charge is 0.356 e. The Kier molecular flexibility index (Phi) is 35.3. The van der Waals surface area contributed by atoms with Gasteiger partial charge in [0.25, 0.3) is 0 Å². The van der Waals surface area contributed by atoms with E-state index in [-0.39, 0.29) is 36.9 Å². The molecule has 0 radical (unpaired) electrons. The van der Waals surface area contributed by atoms with Gasteiger partial charge in [-0.1, -0.05) is 32.1 Å². The van der Waals surface area contributed by atoms with Crippen LogP contribution in [-0.4, -0.2) is 143 Å². The lowest BCUT2D eigenvalue weighted by atomic mass is 10.0.